The Balaban J connectivity index is 2.27. The van der Waals surface area contributed by atoms with Gasteiger partial charge >= 0.3 is 6.18 Å². The van der Waals surface area contributed by atoms with Gasteiger partial charge in [-0.3, -0.25) is 0 Å². The number of aromatic amines is 1. The molecule has 0 aliphatic carbocycles. The summed E-state index contributed by atoms with van der Waals surface area (Å²) >= 11 is 0.974. The van der Waals surface area contributed by atoms with Crippen LogP contribution in [0, 0.1) is 6.92 Å². The molecule has 0 saturated heterocycles. The van der Waals surface area contributed by atoms with E-state index in [9.17, 15) is 21.6 Å². The van der Waals surface area contributed by atoms with E-state index in [2.05, 4.69) is 9.36 Å². The molecule has 11 heteroatoms. The van der Waals surface area contributed by atoms with E-state index in [1.165, 1.54) is 0 Å². The monoisotopic (exact) mass is 312 g/mol. The van der Waals surface area contributed by atoms with Crippen LogP contribution in [0.5, 0.6) is 0 Å². The van der Waals surface area contributed by atoms with Crippen LogP contribution < -0.4 is 4.72 Å². The number of sulfonamides is 1. The second-order valence-corrected chi connectivity index (χ2v) is 6.13. The van der Waals surface area contributed by atoms with Crippen molar-refractivity contribution in [2.75, 3.05) is 4.72 Å². The van der Waals surface area contributed by atoms with E-state index in [0.717, 1.165) is 17.7 Å². The Bertz CT molecular complexity index is 689. The number of aryl methyl sites for hydroxylation is 1. The molecule has 2 aromatic rings. The van der Waals surface area contributed by atoms with Crippen LogP contribution in [0.4, 0.5) is 19.1 Å². The minimum atomic E-state index is -4.64. The van der Waals surface area contributed by atoms with Gasteiger partial charge in [-0.25, -0.2) is 18.1 Å². The largest absolute Gasteiger partial charge is 0.431 e. The molecule has 2 N–H and O–H groups in total. The molecule has 0 unspecified atom stereocenters. The van der Waals surface area contributed by atoms with Crippen molar-refractivity contribution in [1.29, 1.82) is 0 Å². The number of aromatic nitrogens is 3. The average Bonchev–Trinajstić information content (AvgIpc) is 2.85. The normalized spacial score (nSPS) is 12.6. The van der Waals surface area contributed by atoms with Crippen molar-refractivity contribution in [3.8, 4) is 0 Å². The second-order valence-electron chi connectivity index (χ2n) is 3.49. The quantitative estimate of drug-likeness (QED) is 0.907. The van der Waals surface area contributed by atoms with E-state index in [1.807, 2.05) is 9.71 Å². The first kappa shape index (κ1) is 13.8. The van der Waals surface area contributed by atoms with Gasteiger partial charge in [-0.2, -0.15) is 17.5 Å². The summed E-state index contributed by atoms with van der Waals surface area (Å²) in [7, 11) is -4.14. The molecule has 0 atom stereocenters. The fourth-order valence-electron chi connectivity index (χ4n) is 1.21. The molecule has 2 rings (SSSR count). The summed E-state index contributed by atoms with van der Waals surface area (Å²) in [6, 6.07) is 0.502. The number of hydrogen-bond acceptors (Lipinski definition) is 5. The topological polar surface area (TPSA) is 87.7 Å². The molecule has 2 heterocycles. The molecule has 0 bridgehead atoms. The first-order chi connectivity index (χ1) is 8.68. The number of alkyl halides is 3. The zero-order valence-corrected chi connectivity index (χ0v) is 10.9. The number of rotatable bonds is 3. The van der Waals surface area contributed by atoms with Crippen molar-refractivity contribution >= 4 is 27.5 Å². The van der Waals surface area contributed by atoms with Crippen molar-refractivity contribution in [2.45, 2.75) is 18.0 Å². The van der Waals surface area contributed by atoms with Crippen molar-refractivity contribution in [2.24, 2.45) is 0 Å². The lowest BCUT2D eigenvalue weighted by atomic mass is 10.4. The fourth-order valence-corrected chi connectivity index (χ4v) is 2.64. The Hall–Kier alpha value is -1.62. The number of anilines is 1. The first-order valence-corrected chi connectivity index (χ1v) is 7.03. The SMILES string of the molecule is Cc1nc(NS(=O)(=O)c2c[nH]c(C(F)(F)F)c2)ns1. The lowest BCUT2D eigenvalue weighted by Gasteiger charge is -2.02. The van der Waals surface area contributed by atoms with Gasteiger partial charge in [0.1, 0.15) is 15.6 Å². The molecule has 0 radical (unpaired) electrons. The third-order valence-corrected chi connectivity index (χ3v) is 3.95. The summed E-state index contributed by atoms with van der Waals surface area (Å²) in [6.45, 7) is 1.62. The van der Waals surface area contributed by atoms with E-state index >= 15 is 0 Å². The summed E-state index contributed by atoms with van der Waals surface area (Å²) in [5.41, 5.74) is -1.14. The van der Waals surface area contributed by atoms with E-state index in [1.54, 1.807) is 6.92 Å². The number of H-pyrrole nitrogens is 1. The minimum Gasteiger partial charge on any atom is -0.356 e. The summed E-state index contributed by atoms with van der Waals surface area (Å²) in [4.78, 5) is 5.09. The van der Waals surface area contributed by atoms with Gasteiger partial charge in [-0.1, -0.05) is 0 Å². The Morgan fingerprint density at radius 2 is 2.11 bits per heavy atom. The van der Waals surface area contributed by atoms with Crippen molar-refractivity contribution in [1.82, 2.24) is 14.3 Å². The van der Waals surface area contributed by atoms with Crippen LogP contribution in [0.15, 0.2) is 17.2 Å². The standard InChI is InChI=1S/C8H7F3N4O2S2/c1-4-13-7(14-18-4)15-19(16,17)5-2-6(12-3-5)8(9,10)11/h2-3,12H,1H3,(H,14,15). The van der Waals surface area contributed by atoms with Gasteiger partial charge in [0.15, 0.2) is 0 Å². The van der Waals surface area contributed by atoms with Gasteiger partial charge in [-0.15, -0.1) is 0 Å². The van der Waals surface area contributed by atoms with Gasteiger partial charge < -0.3 is 4.98 Å². The Morgan fingerprint density at radius 3 is 2.58 bits per heavy atom. The van der Waals surface area contributed by atoms with E-state index in [-0.39, 0.29) is 5.95 Å². The Kier molecular flexibility index (Phi) is 3.26. The molecule has 6 nitrogen and oxygen atoms in total. The van der Waals surface area contributed by atoms with Crippen LogP contribution in [0.25, 0.3) is 0 Å². The maximum Gasteiger partial charge on any atom is 0.431 e. The Morgan fingerprint density at radius 1 is 1.42 bits per heavy atom. The molecule has 104 valence electrons. The van der Waals surface area contributed by atoms with E-state index in [4.69, 9.17) is 0 Å². The van der Waals surface area contributed by atoms with Gasteiger partial charge in [0.05, 0.1) is 0 Å². The van der Waals surface area contributed by atoms with Crippen molar-refractivity contribution in [3.05, 3.63) is 23.0 Å². The molecule has 0 fully saturated rings. The van der Waals surface area contributed by atoms with Crippen LogP contribution in [0.2, 0.25) is 0 Å². The highest BCUT2D eigenvalue weighted by Crippen LogP contribution is 2.29. The van der Waals surface area contributed by atoms with E-state index < -0.39 is 26.8 Å². The number of nitrogens with one attached hydrogen (secondary N) is 2. The van der Waals surface area contributed by atoms with Gasteiger partial charge in [-0.05, 0) is 24.5 Å². The Labute approximate surface area is 109 Å². The lowest BCUT2D eigenvalue weighted by Crippen LogP contribution is -2.13. The predicted molar refractivity (Wildman–Crippen MR) is 61.2 cm³/mol. The molecule has 0 aliphatic rings. The van der Waals surface area contributed by atoms with Gasteiger partial charge in [0.2, 0.25) is 5.95 Å². The average molecular weight is 312 g/mol. The number of hydrogen-bond donors (Lipinski definition) is 2. The first-order valence-electron chi connectivity index (χ1n) is 4.77. The summed E-state index contributed by atoms with van der Waals surface area (Å²) in [5, 5.41) is 0.530. The summed E-state index contributed by atoms with van der Waals surface area (Å²) in [6.07, 6.45) is -3.88. The smallest absolute Gasteiger partial charge is 0.356 e. The van der Waals surface area contributed by atoms with Crippen LogP contribution in [0.3, 0.4) is 0 Å². The highest BCUT2D eigenvalue weighted by Gasteiger charge is 2.34. The predicted octanol–water partition coefficient (Wildman–Crippen LogP) is 1.99. The highest BCUT2D eigenvalue weighted by atomic mass is 32.2. The molecular weight excluding hydrogens is 305 g/mol. The molecule has 0 spiro atoms. The molecular formula is C8H7F3N4O2S2. The molecule has 19 heavy (non-hydrogen) atoms. The number of nitrogens with zero attached hydrogens (tertiary/aromatic N) is 2. The third-order valence-electron chi connectivity index (χ3n) is 2.03. The third kappa shape index (κ3) is 3.04. The van der Waals surface area contributed by atoms with Crippen LogP contribution in [-0.4, -0.2) is 22.8 Å². The second kappa shape index (κ2) is 4.49. The summed E-state index contributed by atoms with van der Waals surface area (Å²) in [5.74, 6) is -0.169. The lowest BCUT2D eigenvalue weighted by molar-refractivity contribution is -0.140. The fraction of sp³-hybridized carbons (Fsp3) is 0.250. The minimum absolute atomic E-state index is 0.169. The summed E-state index contributed by atoms with van der Waals surface area (Å²) < 4.78 is 66.3. The van der Waals surface area contributed by atoms with Crippen molar-refractivity contribution < 1.29 is 21.6 Å². The zero-order valence-electron chi connectivity index (χ0n) is 9.32. The van der Waals surface area contributed by atoms with Gasteiger partial charge in [0, 0.05) is 6.20 Å². The highest BCUT2D eigenvalue weighted by molar-refractivity contribution is 7.92. The number of halogens is 3. The molecule has 0 amide bonds. The van der Waals surface area contributed by atoms with Crippen molar-refractivity contribution in [3.63, 3.8) is 0 Å². The van der Waals surface area contributed by atoms with E-state index in [0.29, 0.717) is 11.1 Å². The maximum atomic E-state index is 12.4. The van der Waals surface area contributed by atoms with Crippen LogP contribution >= 0.6 is 11.5 Å². The zero-order chi connectivity index (χ0) is 14.3. The van der Waals surface area contributed by atoms with Crippen LogP contribution in [-0.2, 0) is 16.2 Å². The van der Waals surface area contributed by atoms with Crippen LogP contribution in [0.1, 0.15) is 10.7 Å². The molecule has 0 aromatic carbocycles. The molecule has 0 saturated carbocycles. The van der Waals surface area contributed by atoms with Gasteiger partial charge in [0.25, 0.3) is 10.0 Å². The maximum absolute atomic E-state index is 12.4. The molecule has 0 aliphatic heterocycles. The molecule has 2 aromatic heterocycles.